The molecular formula is C23H29N3O6S. The number of hydrogen-bond donors (Lipinski definition) is 0. The van der Waals surface area contributed by atoms with E-state index < -0.39 is 14.9 Å². The quantitative estimate of drug-likeness (QED) is 0.426. The number of nitro benzene ring substituents is 1. The summed E-state index contributed by atoms with van der Waals surface area (Å²) >= 11 is 0. The van der Waals surface area contributed by atoms with Crippen molar-refractivity contribution in [3.63, 3.8) is 0 Å². The van der Waals surface area contributed by atoms with Gasteiger partial charge in [-0.2, -0.15) is 4.31 Å². The zero-order valence-corrected chi connectivity index (χ0v) is 19.9. The minimum absolute atomic E-state index is 0.106. The van der Waals surface area contributed by atoms with E-state index in [9.17, 15) is 23.3 Å². The van der Waals surface area contributed by atoms with Gasteiger partial charge in [0, 0.05) is 37.8 Å². The predicted octanol–water partition coefficient (Wildman–Crippen LogP) is 3.65. The average molecular weight is 476 g/mol. The van der Waals surface area contributed by atoms with E-state index in [-0.39, 0.29) is 60.6 Å². The lowest BCUT2D eigenvalue weighted by molar-refractivity contribution is -0.385. The molecule has 10 heteroatoms. The summed E-state index contributed by atoms with van der Waals surface area (Å²) in [5, 5.41) is 11.3. The van der Waals surface area contributed by atoms with Gasteiger partial charge >= 0.3 is 5.69 Å². The standard InChI is InChI=1S/C23H29N3O6S/c1-4-17(3)18-6-9-20(10-7-18)33(30,31)25-14-12-24(13-15-25)23(27)19-8-11-22(32-5-2)21(16-19)26(28)29/h6-11,16-17H,4-5,12-15H2,1-3H3. The second kappa shape index (κ2) is 10.3. The van der Waals surface area contributed by atoms with Crippen LogP contribution in [0.4, 0.5) is 5.69 Å². The van der Waals surface area contributed by atoms with Gasteiger partial charge in [0.25, 0.3) is 5.91 Å². The van der Waals surface area contributed by atoms with Crippen LogP contribution in [0.5, 0.6) is 5.75 Å². The SMILES string of the molecule is CCOc1ccc(C(=O)N2CCN(S(=O)(=O)c3ccc(C(C)CC)cc3)CC2)cc1[N+](=O)[O-]. The Morgan fingerprint density at radius 1 is 1.09 bits per heavy atom. The van der Waals surface area contributed by atoms with Crippen LogP contribution in [-0.2, 0) is 10.0 Å². The van der Waals surface area contributed by atoms with Crippen molar-refractivity contribution in [1.82, 2.24) is 9.21 Å². The van der Waals surface area contributed by atoms with Gasteiger partial charge in [-0.25, -0.2) is 8.42 Å². The summed E-state index contributed by atoms with van der Waals surface area (Å²) < 4.78 is 32.7. The Morgan fingerprint density at radius 2 is 1.73 bits per heavy atom. The minimum Gasteiger partial charge on any atom is -0.487 e. The fraction of sp³-hybridized carbons (Fsp3) is 0.435. The van der Waals surface area contributed by atoms with Gasteiger partial charge in [0.15, 0.2) is 5.75 Å². The molecule has 1 aliphatic rings. The first-order valence-corrected chi connectivity index (χ1v) is 12.4. The molecule has 0 bridgehead atoms. The van der Waals surface area contributed by atoms with Gasteiger partial charge < -0.3 is 9.64 Å². The van der Waals surface area contributed by atoms with Crippen LogP contribution >= 0.6 is 0 Å². The van der Waals surface area contributed by atoms with Crippen molar-refractivity contribution in [2.45, 2.75) is 38.0 Å². The number of ether oxygens (including phenoxy) is 1. The molecule has 0 saturated carbocycles. The molecule has 0 radical (unpaired) electrons. The van der Waals surface area contributed by atoms with Crippen LogP contribution in [0.2, 0.25) is 0 Å². The van der Waals surface area contributed by atoms with E-state index in [2.05, 4.69) is 13.8 Å². The number of nitro groups is 1. The van der Waals surface area contributed by atoms with E-state index in [1.165, 1.54) is 27.4 Å². The highest BCUT2D eigenvalue weighted by molar-refractivity contribution is 7.89. The van der Waals surface area contributed by atoms with E-state index in [0.29, 0.717) is 5.92 Å². The van der Waals surface area contributed by atoms with Gasteiger partial charge in [0.2, 0.25) is 10.0 Å². The largest absolute Gasteiger partial charge is 0.487 e. The molecule has 9 nitrogen and oxygen atoms in total. The normalized spacial score (nSPS) is 15.8. The van der Waals surface area contributed by atoms with Gasteiger partial charge in [-0.1, -0.05) is 26.0 Å². The second-order valence-corrected chi connectivity index (χ2v) is 9.89. The molecular weight excluding hydrogens is 446 g/mol. The topological polar surface area (TPSA) is 110 Å². The van der Waals surface area contributed by atoms with Gasteiger partial charge in [-0.3, -0.25) is 14.9 Å². The number of nitrogens with zero attached hydrogens (tertiary/aromatic N) is 3. The van der Waals surface area contributed by atoms with Crippen molar-refractivity contribution in [2.24, 2.45) is 0 Å². The van der Waals surface area contributed by atoms with Gasteiger partial charge in [0.1, 0.15) is 0 Å². The number of amides is 1. The number of carbonyl (C=O) groups excluding carboxylic acids is 1. The molecule has 1 amide bonds. The Hall–Kier alpha value is -2.98. The summed E-state index contributed by atoms with van der Waals surface area (Å²) in [5.74, 6) is 0.0835. The van der Waals surface area contributed by atoms with E-state index >= 15 is 0 Å². The lowest BCUT2D eigenvalue weighted by Gasteiger charge is -2.34. The highest BCUT2D eigenvalue weighted by Gasteiger charge is 2.31. The van der Waals surface area contributed by atoms with Crippen molar-refractivity contribution in [3.8, 4) is 5.75 Å². The van der Waals surface area contributed by atoms with Crippen molar-refractivity contribution in [1.29, 1.82) is 0 Å². The first-order chi connectivity index (χ1) is 15.7. The van der Waals surface area contributed by atoms with Crippen LogP contribution in [0.25, 0.3) is 0 Å². The van der Waals surface area contributed by atoms with Crippen molar-refractivity contribution >= 4 is 21.6 Å². The van der Waals surface area contributed by atoms with Gasteiger partial charge in [-0.05, 0) is 49.1 Å². The summed E-state index contributed by atoms with van der Waals surface area (Å²) in [7, 11) is -3.67. The third-order valence-electron chi connectivity index (χ3n) is 5.93. The minimum atomic E-state index is -3.67. The Morgan fingerprint density at radius 3 is 2.27 bits per heavy atom. The molecule has 1 unspecified atom stereocenters. The van der Waals surface area contributed by atoms with Crippen molar-refractivity contribution in [3.05, 3.63) is 63.7 Å². The number of benzene rings is 2. The van der Waals surface area contributed by atoms with Gasteiger partial charge in [0.05, 0.1) is 16.4 Å². The molecule has 33 heavy (non-hydrogen) atoms. The second-order valence-electron chi connectivity index (χ2n) is 7.95. The lowest BCUT2D eigenvalue weighted by atomic mass is 9.99. The molecule has 178 valence electrons. The molecule has 0 aliphatic carbocycles. The molecule has 1 aliphatic heterocycles. The number of sulfonamides is 1. The maximum absolute atomic E-state index is 13.0. The average Bonchev–Trinajstić information content (AvgIpc) is 2.83. The smallest absolute Gasteiger partial charge is 0.311 e. The molecule has 1 fully saturated rings. The van der Waals surface area contributed by atoms with Crippen LogP contribution in [0.15, 0.2) is 47.4 Å². The fourth-order valence-electron chi connectivity index (χ4n) is 3.74. The molecule has 1 atom stereocenters. The van der Waals surface area contributed by atoms with Crippen LogP contribution in [0.3, 0.4) is 0 Å². The first-order valence-electron chi connectivity index (χ1n) is 11.0. The number of hydrogen-bond acceptors (Lipinski definition) is 6. The summed E-state index contributed by atoms with van der Waals surface area (Å²) in [6, 6.07) is 11.1. The molecule has 3 rings (SSSR count). The Kier molecular flexibility index (Phi) is 7.70. The maximum Gasteiger partial charge on any atom is 0.311 e. The first kappa shape index (κ1) is 24.7. The summed E-state index contributed by atoms with van der Waals surface area (Å²) in [6.45, 7) is 6.87. The third kappa shape index (κ3) is 5.33. The predicted molar refractivity (Wildman–Crippen MR) is 124 cm³/mol. The summed E-state index contributed by atoms with van der Waals surface area (Å²) in [4.78, 5) is 25.4. The number of piperazine rings is 1. The zero-order valence-electron chi connectivity index (χ0n) is 19.1. The van der Waals surface area contributed by atoms with E-state index in [0.717, 1.165) is 12.0 Å². The molecule has 2 aromatic carbocycles. The van der Waals surface area contributed by atoms with Crippen molar-refractivity contribution < 1.29 is 22.9 Å². The Bertz CT molecular complexity index is 1110. The third-order valence-corrected chi connectivity index (χ3v) is 7.84. The van der Waals surface area contributed by atoms with Crippen LogP contribution in [0.1, 0.15) is 49.0 Å². The van der Waals surface area contributed by atoms with E-state index in [1.807, 2.05) is 12.1 Å². The highest BCUT2D eigenvalue weighted by Crippen LogP contribution is 2.29. The zero-order chi connectivity index (χ0) is 24.2. The Balaban J connectivity index is 1.69. The monoisotopic (exact) mass is 475 g/mol. The summed E-state index contributed by atoms with van der Waals surface area (Å²) in [6.07, 6.45) is 0.972. The van der Waals surface area contributed by atoms with E-state index in [1.54, 1.807) is 19.1 Å². The molecule has 1 heterocycles. The molecule has 0 spiro atoms. The number of rotatable bonds is 8. The molecule has 0 N–H and O–H groups in total. The Labute approximate surface area is 194 Å². The lowest BCUT2D eigenvalue weighted by Crippen LogP contribution is -2.50. The molecule has 0 aromatic heterocycles. The summed E-state index contributed by atoms with van der Waals surface area (Å²) in [5.41, 5.74) is 0.989. The number of carbonyl (C=O) groups is 1. The molecule has 1 saturated heterocycles. The molecule has 2 aromatic rings. The van der Waals surface area contributed by atoms with Crippen LogP contribution in [0, 0.1) is 10.1 Å². The fourth-order valence-corrected chi connectivity index (χ4v) is 5.16. The van der Waals surface area contributed by atoms with Gasteiger partial charge in [-0.15, -0.1) is 0 Å². The van der Waals surface area contributed by atoms with Crippen LogP contribution in [-0.4, -0.2) is 61.2 Å². The van der Waals surface area contributed by atoms with Crippen molar-refractivity contribution in [2.75, 3.05) is 32.8 Å². The maximum atomic E-state index is 13.0. The van der Waals surface area contributed by atoms with Crippen LogP contribution < -0.4 is 4.74 Å². The van der Waals surface area contributed by atoms with E-state index in [4.69, 9.17) is 4.74 Å². The highest BCUT2D eigenvalue weighted by atomic mass is 32.2.